The van der Waals surface area contributed by atoms with E-state index in [1.807, 2.05) is 31.2 Å². The molecular weight excluding hydrogens is 206 g/mol. The lowest BCUT2D eigenvalue weighted by Crippen LogP contribution is -1.82. The molecule has 15 heavy (non-hydrogen) atoms. The largest absolute Gasteiger partial charge is 0.399 e. The molecule has 0 saturated heterocycles. The van der Waals surface area contributed by atoms with Gasteiger partial charge >= 0.3 is 0 Å². The first-order chi connectivity index (χ1) is 7.29. The number of rotatable bonds is 3. The minimum atomic E-state index is 0.760. The number of aromatic amines is 1. The van der Waals surface area contributed by atoms with E-state index in [1.54, 1.807) is 11.8 Å². The first-order valence-corrected chi connectivity index (χ1v) is 5.77. The van der Waals surface area contributed by atoms with Gasteiger partial charge in [0, 0.05) is 11.4 Å². The van der Waals surface area contributed by atoms with Crippen LogP contribution in [0.2, 0.25) is 0 Å². The van der Waals surface area contributed by atoms with Crippen LogP contribution in [0, 0.1) is 0 Å². The van der Waals surface area contributed by atoms with Crippen molar-refractivity contribution in [2.24, 2.45) is 0 Å². The quantitative estimate of drug-likeness (QED) is 0.474. The third-order valence-corrected chi connectivity index (χ3v) is 2.86. The van der Waals surface area contributed by atoms with E-state index in [0.717, 1.165) is 27.6 Å². The molecule has 4 heteroatoms. The fraction of sp³-hybridized carbons (Fsp3) is 0.182. The van der Waals surface area contributed by atoms with Crippen molar-refractivity contribution >= 4 is 28.5 Å². The van der Waals surface area contributed by atoms with E-state index in [9.17, 15) is 0 Å². The van der Waals surface area contributed by atoms with E-state index < -0.39 is 0 Å². The zero-order chi connectivity index (χ0) is 10.7. The average Bonchev–Trinajstić information content (AvgIpc) is 2.60. The number of imidazole rings is 1. The van der Waals surface area contributed by atoms with Gasteiger partial charge in [-0.15, -0.1) is 0 Å². The zero-order valence-electron chi connectivity index (χ0n) is 8.53. The molecule has 0 aliphatic heterocycles. The van der Waals surface area contributed by atoms with Crippen molar-refractivity contribution in [3.63, 3.8) is 0 Å². The standard InChI is InChI=1S/C11H13N3S/c1-2-3-6-15-11-13-9-5-4-8(12)7-10(9)14-11/h2-5,7H,6,12H2,1H3,(H,13,14)/b3-2+. The van der Waals surface area contributed by atoms with Gasteiger partial charge in [-0.05, 0) is 25.1 Å². The third kappa shape index (κ3) is 2.33. The van der Waals surface area contributed by atoms with Gasteiger partial charge in [0.25, 0.3) is 0 Å². The Labute approximate surface area is 92.8 Å². The number of nitrogens with zero attached hydrogens (tertiary/aromatic N) is 1. The van der Waals surface area contributed by atoms with Crippen molar-refractivity contribution in [1.29, 1.82) is 0 Å². The van der Waals surface area contributed by atoms with Crippen LogP contribution in [0.4, 0.5) is 5.69 Å². The van der Waals surface area contributed by atoms with Crippen molar-refractivity contribution in [2.45, 2.75) is 12.1 Å². The second kappa shape index (κ2) is 4.40. The maximum atomic E-state index is 5.69. The highest BCUT2D eigenvalue weighted by molar-refractivity contribution is 7.99. The smallest absolute Gasteiger partial charge is 0.166 e. The van der Waals surface area contributed by atoms with Crippen LogP contribution in [0.5, 0.6) is 0 Å². The molecular formula is C11H13N3S. The van der Waals surface area contributed by atoms with Crippen LogP contribution in [0.25, 0.3) is 11.0 Å². The number of nitrogens with two attached hydrogens (primary N) is 1. The lowest BCUT2D eigenvalue weighted by molar-refractivity contribution is 1.08. The normalized spacial score (nSPS) is 11.5. The van der Waals surface area contributed by atoms with Gasteiger partial charge in [-0.3, -0.25) is 0 Å². The third-order valence-electron chi connectivity index (χ3n) is 2.04. The molecule has 0 fully saturated rings. The summed E-state index contributed by atoms with van der Waals surface area (Å²) in [5, 5.41) is 0.939. The van der Waals surface area contributed by atoms with Crippen LogP contribution >= 0.6 is 11.8 Å². The first-order valence-electron chi connectivity index (χ1n) is 4.79. The van der Waals surface area contributed by atoms with E-state index in [0.29, 0.717) is 0 Å². The predicted molar refractivity (Wildman–Crippen MR) is 66.0 cm³/mol. The molecule has 1 aromatic heterocycles. The number of benzene rings is 1. The highest BCUT2D eigenvalue weighted by Crippen LogP contribution is 2.20. The Kier molecular flexibility index (Phi) is 2.97. The Morgan fingerprint density at radius 1 is 1.53 bits per heavy atom. The van der Waals surface area contributed by atoms with Crippen molar-refractivity contribution in [2.75, 3.05) is 11.5 Å². The van der Waals surface area contributed by atoms with Crippen LogP contribution in [-0.2, 0) is 0 Å². The molecule has 0 saturated carbocycles. The number of nitrogens with one attached hydrogen (secondary N) is 1. The Hall–Kier alpha value is -1.42. The van der Waals surface area contributed by atoms with Gasteiger partial charge in [0.1, 0.15) is 0 Å². The topological polar surface area (TPSA) is 54.7 Å². The Balaban J connectivity index is 2.23. The first kappa shape index (κ1) is 10.1. The maximum absolute atomic E-state index is 5.69. The molecule has 0 atom stereocenters. The molecule has 0 amide bonds. The number of thioether (sulfide) groups is 1. The zero-order valence-corrected chi connectivity index (χ0v) is 9.34. The lowest BCUT2D eigenvalue weighted by Gasteiger charge is -1.90. The van der Waals surface area contributed by atoms with Crippen LogP contribution in [0.3, 0.4) is 0 Å². The molecule has 0 spiro atoms. The number of aromatic nitrogens is 2. The number of H-pyrrole nitrogens is 1. The van der Waals surface area contributed by atoms with Crippen molar-refractivity contribution < 1.29 is 0 Å². The molecule has 0 radical (unpaired) electrons. The fourth-order valence-corrected chi connectivity index (χ4v) is 2.09. The van der Waals surface area contributed by atoms with Crippen molar-refractivity contribution in [3.8, 4) is 0 Å². The summed E-state index contributed by atoms with van der Waals surface area (Å²) in [4.78, 5) is 7.68. The van der Waals surface area contributed by atoms with E-state index in [4.69, 9.17) is 5.73 Å². The van der Waals surface area contributed by atoms with E-state index in [2.05, 4.69) is 16.0 Å². The van der Waals surface area contributed by atoms with Gasteiger partial charge < -0.3 is 10.7 Å². The predicted octanol–water partition coefficient (Wildman–Crippen LogP) is 2.81. The van der Waals surface area contributed by atoms with Gasteiger partial charge in [0.2, 0.25) is 0 Å². The minimum absolute atomic E-state index is 0.760. The minimum Gasteiger partial charge on any atom is -0.399 e. The van der Waals surface area contributed by atoms with Crippen LogP contribution < -0.4 is 5.73 Å². The number of nitrogen functional groups attached to an aromatic ring is 1. The molecule has 2 rings (SSSR count). The summed E-state index contributed by atoms with van der Waals surface area (Å²) in [5.74, 6) is 0.936. The molecule has 3 N–H and O–H groups in total. The summed E-state index contributed by atoms with van der Waals surface area (Å²) in [7, 11) is 0. The van der Waals surface area contributed by atoms with E-state index in [-0.39, 0.29) is 0 Å². The summed E-state index contributed by atoms with van der Waals surface area (Å²) in [6, 6.07) is 5.70. The molecule has 2 aromatic rings. The fourth-order valence-electron chi connectivity index (χ4n) is 1.30. The van der Waals surface area contributed by atoms with Crippen molar-refractivity contribution in [3.05, 3.63) is 30.4 Å². The summed E-state index contributed by atoms with van der Waals surface area (Å²) >= 11 is 1.68. The highest BCUT2D eigenvalue weighted by Gasteiger charge is 2.01. The summed E-state index contributed by atoms with van der Waals surface area (Å²) < 4.78 is 0. The lowest BCUT2D eigenvalue weighted by atomic mass is 10.3. The molecule has 1 heterocycles. The molecule has 0 unspecified atom stereocenters. The van der Waals surface area contributed by atoms with Gasteiger partial charge in [-0.25, -0.2) is 4.98 Å². The molecule has 0 bridgehead atoms. The van der Waals surface area contributed by atoms with Crippen molar-refractivity contribution in [1.82, 2.24) is 9.97 Å². The van der Waals surface area contributed by atoms with Crippen LogP contribution in [0.15, 0.2) is 35.5 Å². The van der Waals surface area contributed by atoms with Gasteiger partial charge in [-0.2, -0.15) is 0 Å². The Morgan fingerprint density at radius 2 is 2.40 bits per heavy atom. The number of hydrogen-bond acceptors (Lipinski definition) is 3. The van der Waals surface area contributed by atoms with E-state index in [1.165, 1.54) is 0 Å². The molecule has 0 aliphatic rings. The van der Waals surface area contributed by atoms with Gasteiger partial charge in [0.05, 0.1) is 11.0 Å². The SMILES string of the molecule is C/C=C/CSc1nc2ccc(N)cc2[nH]1. The molecule has 1 aromatic carbocycles. The average molecular weight is 219 g/mol. The monoisotopic (exact) mass is 219 g/mol. The summed E-state index contributed by atoms with van der Waals surface area (Å²) in [6.45, 7) is 2.01. The second-order valence-electron chi connectivity index (χ2n) is 3.20. The Morgan fingerprint density at radius 3 is 3.20 bits per heavy atom. The van der Waals surface area contributed by atoms with E-state index >= 15 is 0 Å². The molecule has 0 aliphatic carbocycles. The van der Waals surface area contributed by atoms with Gasteiger partial charge in [-0.1, -0.05) is 23.9 Å². The Bertz CT molecular complexity index is 488. The van der Waals surface area contributed by atoms with Gasteiger partial charge in [0.15, 0.2) is 5.16 Å². The number of anilines is 1. The number of allylic oxidation sites excluding steroid dienone is 1. The maximum Gasteiger partial charge on any atom is 0.166 e. The molecule has 78 valence electrons. The van der Waals surface area contributed by atoms with Crippen LogP contribution in [0.1, 0.15) is 6.92 Å². The second-order valence-corrected chi connectivity index (χ2v) is 4.21. The number of fused-ring (bicyclic) bond motifs is 1. The summed E-state index contributed by atoms with van der Waals surface area (Å²) in [5.41, 5.74) is 8.41. The van der Waals surface area contributed by atoms with Crippen LogP contribution in [-0.4, -0.2) is 15.7 Å². The molecule has 3 nitrogen and oxygen atoms in total. The number of hydrogen-bond donors (Lipinski definition) is 2. The highest BCUT2D eigenvalue weighted by atomic mass is 32.2. The summed E-state index contributed by atoms with van der Waals surface area (Å²) in [6.07, 6.45) is 4.14.